The highest BCUT2D eigenvalue weighted by molar-refractivity contribution is 6.69. The number of carbonyl (C=O) groups is 1. The molecule has 0 atom stereocenters. The molecule has 1 amide bonds. The zero-order valence-corrected chi connectivity index (χ0v) is 7.40. The first-order chi connectivity index (χ1) is 6.39. The van der Waals surface area contributed by atoms with Crippen molar-refractivity contribution >= 4 is 35.1 Å². The van der Waals surface area contributed by atoms with Crippen LogP contribution in [0.3, 0.4) is 0 Å². The van der Waals surface area contributed by atoms with E-state index in [0.717, 1.165) is 0 Å². The third-order valence-electron chi connectivity index (χ3n) is 1.52. The van der Waals surface area contributed by atoms with Crippen LogP contribution in [0.2, 0.25) is 5.11 Å². The molecule has 1 aromatic rings. The van der Waals surface area contributed by atoms with E-state index in [1.165, 1.54) is 24.3 Å². The molecule has 3 nitrogen and oxygen atoms in total. The minimum atomic E-state index is -1.90. The first-order valence-corrected chi connectivity index (χ1v) is 3.87. The van der Waals surface area contributed by atoms with E-state index in [1.807, 2.05) is 0 Å². The van der Waals surface area contributed by atoms with Gasteiger partial charge in [-0.05, 0) is 24.3 Å². The van der Waals surface area contributed by atoms with Gasteiger partial charge in [-0.2, -0.15) is 0 Å². The topological polar surface area (TPSA) is 49.3 Å². The molecule has 0 fully saturated rings. The van der Waals surface area contributed by atoms with Crippen molar-refractivity contribution in [1.82, 2.24) is 0 Å². The summed E-state index contributed by atoms with van der Waals surface area (Å²) < 4.78 is 0. The van der Waals surface area contributed by atoms with Crippen LogP contribution < -0.4 is 5.32 Å². The summed E-state index contributed by atoms with van der Waals surface area (Å²) in [4.78, 5) is 11.2. The number of hydrogen-bond donors (Lipinski definition) is 2. The zero-order chi connectivity index (χ0) is 10.8. The van der Waals surface area contributed by atoms with Gasteiger partial charge in [0.15, 0.2) is 0 Å². The molecular weight excluding hydrogens is 175 g/mol. The van der Waals surface area contributed by atoms with Crippen LogP contribution in [0.5, 0.6) is 5.75 Å². The van der Waals surface area contributed by atoms with Gasteiger partial charge in [0, 0.05) is 5.69 Å². The Hall–Kier alpha value is -1.32. The van der Waals surface area contributed by atoms with Gasteiger partial charge in [-0.3, -0.25) is 4.79 Å². The van der Waals surface area contributed by atoms with E-state index in [1.54, 1.807) is 0 Å². The van der Waals surface area contributed by atoms with E-state index in [9.17, 15) is 4.79 Å². The van der Waals surface area contributed by atoms with Gasteiger partial charge in [0.2, 0.25) is 5.91 Å². The molecule has 0 aliphatic heterocycles. The highest BCUT2D eigenvalue weighted by Gasteiger charge is 2.19. The van der Waals surface area contributed by atoms with E-state index in [-0.39, 0.29) is 5.75 Å². The van der Waals surface area contributed by atoms with Gasteiger partial charge in [-0.15, -0.1) is 0 Å². The Morgan fingerprint density at radius 2 is 1.71 bits per heavy atom. The van der Waals surface area contributed by atoms with Crippen molar-refractivity contribution in [3.63, 3.8) is 0 Å². The summed E-state index contributed by atoms with van der Waals surface area (Å²) in [6, 6.07) is 5.83. The van der Waals surface area contributed by atoms with E-state index < -0.39 is 11.0 Å². The van der Waals surface area contributed by atoms with Crippen molar-refractivity contribution in [2.24, 2.45) is 0 Å². The molecular formula is C8H6B3NO2. The maximum Gasteiger partial charge on any atom is 0.205 e. The quantitative estimate of drug-likeness (QED) is 0.494. The summed E-state index contributed by atoms with van der Waals surface area (Å²) in [5, 5.41) is 9.44. The number of phenols is 1. The van der Waals surface area contributed by atoms with Gasteiger partial charge in [-0.1, -0.05) is 5.11 Å². The molecule has 0 aliphatic carbocycles. The second-order valence-electron chi connectivity index (χ2n) is 2.93. The van der Waals surface area contributed by atoms with Crippen molar-refractivity contribution in [3.8, 4) is 5.75 Å². The highest BCUT2D eigenvalue weighted by atomic mass is 16.3. The molecule has 6 heteroatoms. The fourth-order valence-corrected chi connectivity index (χ4v) is 0.784. The van der Waals surface area contributed by atoms with Crippen LogP contribution in [-0.2, 0) is 4.79 Å². The lowest BCUT2D eigenvalue weighted by Crippen LogP contribution is -2.31. The number of carbonyl (C=O) groups excluding carboxylic acids is 1. The standard InChI is InChI=1S/C8H6B3NO2/c9-8(10,11)7(14)12-5-1-3-6(13)4-2-5/h1-4,13H,(H,12,14). The maximum absolute atomic E-state index is 11.2. The van der Waals surface area contributed by atoms with Gasteiger partial charge >= 0.3 is 0 Å². The van der Waals surface area contributed by atoms with Crippen LogP contribution in [0, 0.1) is 0 Å². The van der Waals surface area contributed by atoms with Gasteiger partial charge < -0.3 is 10.4 Å². The smallest absolute Gasteiger partial charge is 0.205 e. The van der Waals surface area contributed by atoms with Crippen LogP contribution in [0.4, 0.5) is 5.69 Å². The SMILES string of the molecule is [B]C([B])([B])C(=O)Nc1ccc(O)cc1. The van der Waals surface area contributed by atoms with Crippen LogP contribution in [-0.4, -0.2) is 34.6 Å². The van der Waals surface area contributed by atoms with Crippen molar-refractivity contribution < 1.29 is 9.90 Å². The van der Waals surface area contributed by atoms with Gasteiger partial charge in [-0.25, -0.2) is 0 Å². The molecule has 0 saturated carbocycles. The lowest BCUT2D eigenvalue weighted by atomic mass is 9.42. The van der Waals surface area contributed by atoms with E-state index in [2.05, 4.69) is 5.32 Å². The van der Waals surface area contributed by atoms with E-state index in [0.29, 0.717) is 5.69 Å². The molecule has 2 N–H and O–H groups in total. The molecule has 1 aromatic carbocycles. The highest BCUT2D eigenvalue weighted by Crippen LogP contribution is 2.17. The Morgan fingerprint density at radius 3 is 2.14 bits per heavy atom. The monoisotopic (exact) mass is 181 g/mol. The third kappa shape index (κ3) is 2.87. The fraction of sp³-hybridized carbons (Fsp3) is 0.125. The largest absolute Gasteiger partial charge is 0.508 e. The summed E-state index contributed by atoms with van der Waals surface area (Å²) in [5.74, 6) is -0.606. The molecule has 0 bridgehead atoms. The average Bonchev–Trinajstić information content (AvgIpc) is 2.07. The summed E-state index contributed by atoms with van der Waals surface area (Å²) in [7, 11) is 15.5. The summed E-state index contributed by atoms with van der Waals surface area (Å²) in [6.07, 6.45) is 0. The lowest BCUT2D eigenvalue weighted by molar-refractivity contribution is -0.115. The summed E-state index contributed by atoms with van der Waals surface area (Å²) in [6.45, 7) is 0. The van der Waals surface area contributed by atoms with Gasteiger partial charge in [0.05, 0.1) is 23.5 Å². The number of nitrogens with one attached hydrogen (secondary N) is 1. The van der Waals surface area contributed by atoms with E-state index >= 15 is 0 Å². The second kappa shape index (κ2) is 3.82. The van der Waals surface area contributed by atoms with Crippen molar-refractivity contribution in [1.29, 1.82) is 0 Å². The molecule has 1 rings (SSSR count). The fourth-order valence-electron chi connectivity index (χ4n) is 0.784. The molecule has 0 saturated heterocycles. The number of phenolic OH excluding ortho intramolecular Hbond substituents is 1. The first kappa shape index (κ1) is 10.8. The molecule has 0 aromatic heterocycles. The predicted octanol–water partition coefficient (Wildman–Crippen LogP) is -0.0901. The van der Waals surface area contributed by atoms with Crippen LogP contribution >= 0.6 is 0 Å². The zero-order valence-electron chi connectivity index (χ0n) is 7.40. The number of rotatable bonds is 2. The molecule has 0 spiro atoms. The predicted molar refractivity (Wildman–Crippen MR) is 56.7 cm³/mol. The van der Waals surface area contributed by atoms with E-state index in [4.69, 9.17) is 28.6 Å². The van der Waals surface area contributed by atoms with Crippen LogP contribution in [0.15, 0.2) is 24.3 Å². The number of aromatic hydroxyl groups is 1. The molecule has 6 radical (unpaired) electrons. The Bertz CT molecular complexity index is 331. The van der Waals surface area contributed by atoms with Crippen molar-refractivity contribution in [2.45, 2.75) is 5.11 Å². The Labute approximate surface area is 86.1 Å². The van der Waals surface area contributed by atoms with Gasteiger partial charge in [0.1, 0.15) is 5.75 Å². The Morgan fingerprint density at radius 1 is 1.21 bits per heavy atom. The molecule has 0 aliphatic rings. The molecule has 0 unspecified atom stereocenters. The maximum atomic E-state index is 11.2. The number of anilines is 1. The lowest BCUT2D eigenvalue weighted by Gasteiger charge is -2.18. The molecule has 64 valence electrons. The minimum absolute atomic E-state index is 0.0995. The number of benzene rings is 1. The summed E-state index contributed by atoms with van der Waals surface area (Å²) >= 11 is 0. The molecule has 14 heavy (non-hydrogen) atoms. The number of amides is 1. The molecule has 0 heterocycles. The van der Waals surface area contributed by atoms with Crippen molar-refractivity contribution in [2.75, 3.05) is 5.32 Å². The average molecular weight is 181 g/mol. The summed E-state index contributed by atoms with van der Waals surface area (Å²) in [5.41, 5.74) is 0.457. The minimum Gasteiger partial charge on any atom is -0.508 e. The van der Waals surface area contributed by atoms with Crippen molar-refractivity contribution in [3.05, 3.63) is 24.3 Å². The number of hydrogen-bond acceptors (Lipinski definition) is 2. The third-order valence-corrected chi connectivity index (χ3v) is 1.52. The Kier molecular flexibility index (Phi) is 2.94. The second-order valence-corrected chi connectivity index (χ2v) is 2.93. The first-order valence-electron chi connectivity index (χ1n) is 3.87. The van der Waals surface area contributed by atoms with Crippen LogP contribution in [0.1, 0.15) is 0 Å². The normalized spacial score (nSPS) is 10.9. The van der Waals surface area contributed by atoms with Gasteiger partial charge in [0.25, 0.3) is 0 Å². The van der Waals surface area contributed by atoms with Crippen LogP contribution in [0.25, 0.3) is 0 Å². The Balaban J connectivity index is 2.71.